The molecule has 3 rings (SSSR count). The first-order valence-electron chi connectivity index (χ1n) is 7.68. The number of rotatable bonds is 3. The number of nitrogens with one attached hydrogen (secondary N) is 1. The first-order chi connectivity index (χ1) is 10.0. The second-order valence-electron chi connectivity index (χ2n) is 6.41. The summed E-state index contributed by atoms with van der Waals surface area (Å²) in [7, 11) is 1.90. The van der Waals surface area contributed by atoms with Crippen molar-refractivity contribution in [2.45, 2.75) is 32.7 Å². The van der Waals surface area contributed by atoms with Crippen LogP contribution in [0.25, 0.3) is 0 Å². The molecule has 1 heterocycles. The molecule has 2 aliphatic rings. The third-order valence-electron chi connectivity index (χ3n) is 4.93. The molecular weight excluding hydrogens is 264 g/mol. The summed E-state index contributed by atoms with van der Waals surface area (Å²) < 4.78 is 0. The molecule has 0 bridgehead atoms. The summed E-state index contributed by atoms with van der Waals surface area (Å²) in [4.78, 5) is 26.6. The average Bonchev–Trinajstić information content (AvgIpc) is 2.97. The van der Waals surface area contributed by atoms with Crippen molar-refractivity contribution in [1.82, 2.24) is 5.32 Å². The fourth-order valence-electron chi connectivity index (χ4n) is 3.63. The van der Waals surface area contributed by atoms with Crippen LogP contribution in [0.15, 0.2) is 24.3 Å². The number of imide groups is 1. The lowest BCUT2D eigenvalue weighted by Crippen LogP contribution is -2.32. The molecule has 1 aliphatic carbocycles. The van der Waals surface area contributed by atoms with Crippen LogP contribution in [0.5, 0.6) is 0 Å². The molecule has 1 aromatic rings. The first-order valence-corrected chi connectivity index (χ1v) is 7.68. The number of carbonyl (C=O) groups excluding carboxylic acids is 2. The molecule has 1 aliphatic heterocycles. The van der Waals surface area contributed by atoms with Gasteiger partial charge in [-0.15, -0.1) is 0 Å². The largest absolute Gasteiger partial charge is 0.313 e. The van der Waals surface area contributed by atoms with Crippen molar-refractivity contribution in [2.24, 2.45) is 17.8 Å². The third kappa shape index (κ3) is 2.27. The Bertz CT molecular complexity index is 560. The van der Waals surface area contributed by atoms with Gasteiger partial charge in [0.1, 0.15) is 0 Å². The number of anilines is 1. The molecule has 1 N–H and O–H groups in total. The highest BCUT2D eigenvalue weighted by Gasteiger charge is 2.52. The molecule has 0 spiro atoms. The Hall–Kier alpha value is -1.68. The normalized spacial score (nSPS) is 29.9. The SMILES string of the molecule is CNC(C)c1cccc(N2C(=O)C3CC(C)CC3C2=O)c1. The van der Waals surface area contributed by atoms with Gasteiger partial charge in [-0.2, -0.15) is 0 Å². The predicted molar refractivity (Wildman–Crippen MR) is 81.8 cm³/mol. The highest BCUT2D eigenvalue weighted by Crippen LogP contribution is 2.44. The molecule has 21 heavy (non-hydrogen) atoms. The smallest absolute Gasteiger partial charge is 0.237 e. The Morgan fingerprint density at radius 2 is 1.81 bits per heavy atom. The summed E-state index contributed by atoms with van der Waals surface area (Å²) in [5.41, 5.74) is 1.80. The molecule has 1 aromatic carbocycles. The number of hydrogen-bond donors (Lipinski definition) is 1. The van der Waals surface area contributed by atoms with Crippen LogP contribution in [0.3, 0.4) is 0 Å². The quantitative estimate of drug-likeness (QED) is 0.869. The molecule has 2 amide bonds. The summed E-state index contributed by atoms with van der Waals surface area (Å²) in [5.74, 6) is 0.258. The monoisotopic (exact) mass is 286 g/mol. The summed E-state index contributed by atoms with van der Waals surface area (Å²) >= 11 is 0. The first kappa shape index (κ1) is 14.3. The van der Waals surface area contributed by atoms with Crippen LogP contribution in [-0.2, 0) is 9.59 Å². The summed E-state index contributed by atoms with van der Waals surface area (Å²) in [6, 6.07) is 7.92. The second kappa shape index (κ2) is 5.26. The number of benzene rings is 1. The van der Waals surface area contributed by atoms with Gasteiger partial charge in [0.25, 0.3) is 0 Å². The lowest BCUT2D eigenvalue weighted by molar-refractivity contribution is -0.123. The summed E-state index contributed by atoms with van der Waals surface area (Å²) in [6.07, 6.45) is 1.69. The van der Waals surface area contributed by atoms with Gasteiger partial charge in [-0.25, -0.2) is 0 Å². The minimum absolute atomic E-state index is 0.0105. The number of fused-ring (bicyclic) bond motifs is 1. The molecule has 4 heteroatoms. The Morgan fingerprint density at radius 3 is 2.38 bits per heavy atom. The van der Waals surface area contributed by atoms with Crippen LogP contribution in [0, 0.1) is 17.8 Å². The van der Waals surface area contributed by atoms with Gasteiger partial charge >= 0.3 is 0 Å². The molecule has 2 fully saturated rings. The number of carbonyl (C=O) groups is 2. The van der Waals surface area contributed by atoms with Crippen molar-refractivity contribution in [3.8, 4) is 0 Å². The Morgan fingerprint density at radius 1 is 1.19 bits per heavy atom. The second-order valence-corrected chi connectivity index (χ2v) is 6.41. The Labute approximate surface area is 125 Å². The van der Waals surface area contributed by atoms with E-state index in [1.165, 1.54) is 4.90 Å². The topological polar surface area (TPSA) is 49.4 Å². The van der Waals surface area contributed by atoms with Gasteiger partial charge in [-0.1, -0.05) is 19.1 Å². The van der Waals surface area contributed by atoms with E-state index in [9.17, 15) is 9.59 Å². The van der Waals surface area contributed by atoms with Gasteiger partial charge in [-0.3, -0.25) is 14.5 Å². The van der Waals surface area contributed by atoms with E-state index in [4.69, 9.17) is 0 Å². The fourth-order valence-corrected chi connectivity index (χ4v) is 3.63. The molecule has 3 unspecified atom stereocenters. The van der Waals surface area contributed by atoms with Crippen LogP contribution in [-0.4, -0.2) is 18.9 Å². The Kier molecular flexibility index (Phi) is 3.57. The molecular formula is C17H22N2O2. The zero-order chi connectivity index (χ0) is 15.1. The highest BCUT2D eigenvalue weighted by molar-refractivity contribution is 6.22. The fraction of sp³-hybridized carbons (Fsp3) is 0.529. The van der Waals surface area contributed by atoms with Crippen LogP contribution in [0.4, 0.5) is 5.69 Å². The van der Waals surface area contributed by atoms with E-state index in [1.54, 1.807) is 0 Å². The van der Waals surface area contributed by atoms with E-state index >= 15 is 0 Å². The van der Waals surface area contributed by atoms with Crippen molar-refractivity contribution in [2.75, 3.05) is 11.9 Å². The van der Waals surface area contributed by atoms with E-state index in [1.807, 2.05) is 31.3 Å². The standard InChI is InChI=1S/C17H22N2O2/c1-10-7-14-15(8-10)17(21)19(16(14)20)13-6-4-5-12(9-13)11(2)18-3/h4-6,9-11,14-15,18H,7-8H2,1-3H3. The summed E-state index contributed by atoms with van der Waals surface area (Å²) in [5, 5.41) is 3.18. The van der Waals surface area contributed by atoms with E-state index < -0.39 is 0 Å². The van der Waals surface area contributed by atoms with Crippen molar-refractivity contribution in [3.05, 3.63) is 29.8 Å². The maximum absolute atomic E-state index is 12.6. The number of nitrogens with zero attached hydrogens (tertiary/aromatic N) is 1. The minimum Gasteiger partial charge on any atom is -0.313 e. The van der Waals surface area contributed by atoms with Gasteiger partial charge in [-0.05, 0) is 50.4 Å². The maximum atomic E-state index is 12.6. The van der Waals surface area contributed by atoms with Crippen LogP contribution >= 0.6 is 0 Å². The molecule has 3 atom stereocenters. The molecule has 0 aromatic heterocycles. The molecule has 0 radical (unpaired) electrons. The van der Waals surface area contributed by atoms with Crippen molar-refractivity contribution < 1.29 is 9.59 Å². The van der Waals surface area contributed by atoms with Crippen molar-refractivity contribution in [3.63, 3.8) is 0 Å². The van der Waals surface area contributed by atoms with Crippen molar-refractivity contribution >= 4 is 17.5 Å². The minimum atomic E-state index is -0.0992. The van der Waals surface area contributed by atoms with Crippen LogP contribution < -0.4 is 10.2 Å². The zero-order valence-electron chi connectivity index (χ0n) is 12.8. The van der Waals surface area contributed by atoms with Gasteiger partial charge in [0.15, 0.2) is 0 Å². The maximum Gasteiger partial charge on any atom is 0.237 e. The molecule has 4 nitrogen and oxygen atoms in total. The zero-order valence-corrected chi connectivity index (χ0v) is 12.8. The molecule has 1 saturated heterocycles. The van der Waals surface area contributed by atoms with Gasteiger partial charge in [0.05, 0.1) is 17.5 Å². The van der Waals surface area contributed by atoms with E-state index in [-0.39, 0.29) is 29.7 Å². The third-order valence-corrected chi connectivity index (χ3v) is 4.93. The Balaban J connectivity index is 1.91. The molecule has 1 saturated carbocycles. The van der Waals surface area contributed by atoms with E-state index in [0.717, 1.165) is 18.4 Å². The van der Waals surface area contributed by atoms with E-state index in [2.05, 4.69) is 19.2 Å². The lowest BCUT2D eigenvalue weighted by atomic mass is 10.00. The summed E-state index contributed by atoms with van der Waals surface area (Å²) in [6.45, 7) is 4.18. The van der Waals surface area contributed by atoms with Gasteiger partial charge < -0.3 is 5.32 Å². The highest BCUT2D eigenvalue weighted by atomic mass is 16.2. The van der Waals surface area contributed by atoms with Crippen molar-refractivity contribution in [1.29, 1.82) is 0 Å². The number of amides is 2. The van der Waals surface area contributed by atoms with Crippen LogP contribution in [0.1, 0.15) is 38.3 Å². The molecule has 112 valence electrons. The predicted octanol–water partition coefficient (Wildman–Crippen LogP) is 2.50. The van der Waals surface area contributed by atoms with E-state index in [0.29, 0.717) is 11.6 Å². The number of hydrogen-bond acceptors (Lipinski definition) is 3. The average molecular weight is 286 g/mol. The van der Waals surface area contributed by atoms with Gasteiger partial charge in [0, 0.05) is 6.04 Å². The lowest BCUT2D eigenvalue weighted by Gasteiger charge is -2.19. The van der Waals surface area contributed by atoms with Gasteiger partial charge in [0.2, 0.25) is 11.8 Å². The van der Waals surface area contributed by atoms with Crippen LogP contribution in [0.2, 0.25) is 0 Å².